The van der Waals surface area contributed by atoms with Gasteiger partial charge in [-0.1, -0.05) is 55.2 Å². The number of carbonyl (C=O) groups excluding carboxylic acids is 1. The minimum absolute atomic E-state index is 0.0207. The van der Waals surface area contributed by atoms with Gasteiger partial charge in [0.15, 0.2) is 0 Å². The van der Waals surface area contributed by atoms with Gasteiger partial charge in [0.1, 0.15) is 6.29 Å². The lowest BCUT2D eigenvalue weighted by Crippen LogP contribution is -2.11. The first kappa shape index (κ1) is 18.3. The molecule has 140 valence electrons. The van der Waals surface area contributed by atoms with Crippen LogP contribution in [0.3, 0.4) is 0 Å². The van der Waals surface area contributed by atoms with E-state index in [-0.39, 0.29) is 6.04 Å². The average Bonchev–Trinajstić information content (AvgIpc) is 3.24. The number of carbonyl (C=O) groups is 1. The fraction of sp³-hybridized carbons (Fsp3) is 0.333. The fourth-order valence-electron chi connectivity index (χ4n) is 4.08. The fourth-order valence-corrected chi connectivity index (χ4v) is 4.64. The number of aromatic nitrogens is 2. The number of anilines is 1. The zero-order valence-corrected chi connectivity index (χ0v) is 16.8. The molecule has 0 saturated carbocycles. The highest BCUT2D eigenvalue weighted by Crippen LogP contribution is 2.41. The van der Waals surface area contributed by atoms with Crippen molar-refractivity contribution in [3.05, 3.63) is 57.1 Å². The highest BCUT2D eigenvalue weighted by molar-refractivity contribution is 6.35. The molecule has 0 spiro atoms. The van der Waals surface area contributed by atoms with Crippen molar-refractivity contribution in [1.82, 2.24) is 9.55 Å². The van der Waals surface area contributed by atoms with Crippen molar-refractivity contribution in [3.8, 4) is 0 Å². The Bertz CT molecular complexity index is 1020. The van der Waals surface area contributed by atoms with Crippen LogP contribution in [-0.4, -0.2) is 22.4 Å². The Labute approximate surface area is 168 Å². The van der Waals surface area contributed by atoms with Crippen LogP contribution in [0.5, 0.6) is 0 Å². The van der Waals surface area contributed by atoms with Crippen molar-refractivity contribution in [1.29, 1.82) is 0 Å². The first-order chi connectivity index (χ1) is 13.1. The van der Waals surface area contributed by atoms with Gasteiger partial charge in [-0.2, -0.15) is 0 Å². The molecule has 0 radical (unpaired) electrons. The Kier molecular flexibility index (Phi) is 4.87. The number of nitrogens with zero attached hydrogens (tertiary/aromatic N) is 2. The van der Waals surface area contributed by atoms with Crippen LogP contribution >= 0.6 is 23.2 Å². The maximum Gasteiger partial charge on any atom is 0.204 e. The van der Waals surface area contributed by atoms with Crippen molar-refractivity contribution in [2.75, 3.05) is 11.9 Å². The predicted molar refractivity (Wildman–Crippen MR) is 112 cm³/mol. The molecule has 0 aliphatic carbocycles. The lowest BCUT2D eigenvalue weighted by atomic mass is 9.93. The van der Waals surface area contributed by atoms with Crippen LogP contribution in [0, 0.1) is 0 Å². The quantitative estimate of drug-likeness (QED) is 0.527. The lowest BCUT2D eigenvalue weighted by molar-refractivity contribution is 0.112. The van der Waals surface area contributed by atoms with Crippen molar-refractivity contribution in [2.45, 2.75) is 38.6 Å². The Morgan fingerprint density at radius 2 is 2.00 bits per heavy atom. The van der Waals surface area contributed by atoms with E-state index in [1.807, 2.05) is 12.1 Å². The highest BCUT2D eigenvalue weighted by Gasteiger charge is 2.30. The Morgan fingerprint density at radius 3 is 2.67 bits per heavy atom. The molecule has 0 bridgehead atoms. The van der Waals surface area contributed by atoms with Crippen LogP contribution in [-0.2, 0) is 0 Å². The van der Waals surface area contributed by atoms with E-state index in [0.717, 1.165) is 41.7 Å². The molecule has 0 amide bonds. The summed E-state index contributed by atoms with van der Waals surface area (Å²) in [6.45, 7) is 5.09. The van der Waals surface area contributed by atoms with Crippen LogP contribution in [0.25, 0.3) is 11.0 Å². The smallest absolute Gasteiger partial charge is 0.204 e. The third kappa shape index (κ3) is 2.91. The van der Waals surface area contributed by atoms with Crippen LogP contribution in [0.1, 0.15) is 60.1 Å². The van der Waals surface area contributed by atoms with E-state index >= 15 is 0 Å². The number of halogens is 2. The number of aldehydes is 1. The van der Waals surface area contributed by atoms with E-state index in [2.05, 4.69) is 29.8 Å². The van der Waals surface area contributed by atoms with Gasteiger partial charge in [-0.3, -0.25) is 9.36 Å². The van der Waals surface area contributed by atoms with Crippen LogP contribution in [0.15, 0.2) is 30.3 Å². The summed E-state index contributed by atoms with van der Waals surface area (Å²) in [7, 11) is 0. The molecule has 0 fully saturated rings. The van der Waals surface area contributed by atoms with E-state index in [1.165, 1.54) is 5.56 Å². The highest BCUT2D eigenvalue weighted by atomic mass is 35.5. The topological polar surface area (TPSA) is 46.9 Å². The summed E-state index contributed by atoms with van der Waals surface area (Å²) in [5.41, 5.74) is 4.67. The van der Waals surface area contributed by atoms with E-state index in [4.69, 9.17) is 28.2 Å². The number of fused-ring (bicyclic) bond motifs is 3. The molecule has 1 aromatic heterocycles. The second kappa shape index (κ2) is 7.17. The van der Waals surface area contributed by atoms with Gasteiger partial charge in [0.2, 0.25) is 5.95 Å². The second-order valence-electron chi connectivity index (χ2n) is 6.95. The number of hydrogen-bond donors (Lipinski definition) is 1. The molecule has 1 atom stereocenters. The number of benzene rings is 2. The summed E-state index contributed by atoms with van der Waals surface area (Å²) in [5, 5.41) is 4.65. The Hall–Kier alpha value is -2.04. The van der Waals surface area contributed by atoms with E-state index < -0.39 is 0 Å². The van der Waals surface area contributed by atoms with E-state index in [9.17, 15) is 4.79 Å². The molecular formula is C21H21Cl2N3O. The molecule has 3 aromatic rings. The largest absolute Gasteiger partial charge is 0.353 e. The standard InChI is InChI=1S/C21H21Cl2N3O/c1-3-13(4-2)14-7-8-16(22)20-19(14)25-21-24-10-18(26(20)21)15-6-5-12(11-27)9-17(15)23/h5-9,11,13,18H,3-4,10H2,1-2H3,(H,24,25). The maximum absolute atomic E-state index is 11.0. The molecule has 6 heteroatoms. The average molecular weight is 402 g/mol. The normalized spacial score (nSPS) is 16.0. The molecule has 2 heterocycles. The summed E-state index contributed by atoms with van der Waals surface area (Å²) in [6, 6.07) is 9.47. The minimum Gasteiger partial charge on any atom is -0.353 e. The van der Waals surface area contributed by atoms with Crippen LogP contribution in [0.4, 0.5) is 5.95 Å². The van der Waals surface area contributed by atoms with Gasteiger partial charge in [0, 0.05) is 17.1 Å². The Balaban J connectivity index is 1.90. The zero-order chi connectivity index (χ0) is 19.1. The maximum atomic E-state index is 11.0. The molecular weight excluding hydrogens is 381 g/mol. The SMILES string of the molecule is CCC(CC)c1ccc(Cl)c2c1nc1n2C(c2ccc(C=O)cc2Cl)CN1. The van der Waals surface area contributed by atoms with Crippen molar-refractivity contribution in [3.63, 3.8) is 0 Å². The first-order valence-electron chi connectivity index (χ1n) is 9.27. The molecule has 1 aliphatic heterocycles. The van der Waals surface area contributed by atoms with E-state index in [1.54, 1.807) is 12.1 Å². The first-order valence-corrected chi connectivity index (χ1v) is 10.0. The monoisotopic (exact) mass is 401 g/mol. The van der Waals surface area contributed by atoms with Crippen molar-refractivity contribution < 1.29 is 4.79 Å². The minimum atomic E-state index is -0.0207. The zero-order valence-electron chi connectivity index (χ0n) is 15.3. The third-order valence-electron chi connectivity index (χ3n) is 5.53. The van der Waals surface area contributed by atoms with E-state index in [0.29, 0.717) is 28.1 Å². The summed E-state index contributed by atoms with van der Waals surface area (Å²) < 4.78 is 2.14. The third-order valence-corrected chi connectivity index (χ3v) is 6.16. The number of rotatable bonds is 5. The molecule has 4 rings (SSSR count). The van der Waals surface area contributed by atoms with Gasteiger partial charge in [0.05, 0.1) is 22.1 Å². The van der Waals surface area contributed by atoms with Gasteiger partial charge < -0.3 is 5.32 Å². The van der Waals surface area contributed by atoms with Gasteiger partial charge in [-0.05, 0) is 42.0 Å². The van der Waals surface area contributed by atoms with Gasteiger partial charge in [-0.15, -0.1) is 0 Å². The molecule has 2 aromatic carbocycles. The molecule has 1 unspecified atom stereocenters. The van der Waals surface area contributed by atoms with Crippen LogP contribution in [0.2, 0.25) is 10.0 Å². The van der Waals surface area contributed by atoms with Gasteiger partial charge in [-0.25, -0.2) is 4.98 Å². The molecule has 1 N–H and O–H groups in total. The van der Waals surface area contributed by atoms with Crippen molar-refractivity contribution >= 4 is 46.5 Å². The summed E-state index contributed by atoms with van der Waals surface area (Å²) in [5.74, 6) is 1.26. The predicted octanol–water partition coefficient (Wildman–Crippen LogP) is 6.07. The molecule has 0 saturated heterocycles. The summed E-state index contributed by atoms with van der Waals surface area (Å²) in [6.07, 6.45) is 2.93. The summed E-state index contributed by atoms with van der Waals surface area (Å²) in [4.78, 5) is 15.9. The molecule has 27 heavy (non-hydrogen) atoms. The van der Waals surface area contributed by atoms with Crippen LogP contribution < -0.4 is 5.32 Å². The number of nitrogens with one attached hydrogen (secondary N) is 1. The van der Waals surface area contributed by atoms with Crippen molar-refractivity contribution in [2.24, 2.45) is 0 Å². The molecule has 1 aliphatic rings. The summed E-state index contributed by atoms with van der Waals surface area (Å²) >= 11 is 13.1. The lowest BCUT2D eigenvalue weighted by Gasteiger charge is -2.18. The molecule has 4 nitrogen and oxygen atoms in total. The van der Waals surface area contributed by atoms with Gasteiger partial charge >= 0.3 is 0 Å². The van der Waals surface area contributed by atoms with Gasteiger partial charge in [0.25, 0.3) is 0 Å². The number of imidazole rings is 1. The Morgan fingerprint density at radius 1 is 1.22 bits per heavy atom. The second-order valence-corrected chi connectivity index (χ2v) is 7.76. The number of hydrogen-bond acceptors (Lipinski definition) is 3.